The van der Waals surface area contributed by atoms with Crippen molar-refractivity contribution in [3.05, 3.63) is 29.3 Å². The quantitative estimate of drug-likeness (QED) is 0.890. The number of carbonyl (C=O) groups is 2. The van der Waals surface area contributed by atoms with Gasteiger partial charge in [0.25, 0.3) is 0 Å². The van der Waals surface area contributed by atoms with E-state index in [1.54, 1.807) is 4.90 Å². The third-order valence-electron chi connectivity index (χ3n) is 5.67. The number of rotatable bonds is 4. The van der Waals surface area contributed by atoms with E-state index in [0.29, 0.717) is 26.3 Å². The highest BCUT2D eigenvalue weighted by atomic mass is 16.5. The van der Waals surface area contributed by atoms with Gasteiger partial charge < -0.3 is 19.9 Å². The Kier molecular flexibility index (Phi) is 5.11. The molecule has 6 heteroatoms. The van der Waals surface area contributed by atoms with E-state index < -0.39 is 0 Å². The maximum absolute atomic E-state index is 12.4. The zero-order chi connectivity index (χ0) is 17.9. The van der Waals surface area contributed by atoms with E-state index in [2.05, 4.69) is 28.4 Å². The second kappa shape index (κ2) is 7.66. The summed E-state index contributed by atoms with van der Waals surface area (Å²) >= 11 is 0. The van der Waals surface area contributed by atoms with Crippen LogP contribution in [0, 0.1) is 0 Å². The van der Waals surface area contributed by atoms with E-state index in [1.807, 2.05) is 0 Å². The molecule has 140 valence electrons. The molecule has 4 rings (SSSR count). The maximum atomic E-state index is 12.4. The third-order valence-corrected chi connectivity index (χ3v) is 5.67. The molecule has 1 saturated heterocycles. The van der Waals surface area contributed by atoms with E-state index >= 15 is 0 Å². The number of amides is 2. The summed E-state index contributed by atoms with van der Waals surface area (Å²) in [6.07, 6.45) is 3.79. The smallest absolute Gasteiger partial charge is 0.223 e. The van der Waals surface area contributed by atoms with Crippen LogP contribution in [0.2, 0.25) is 0 Å². The van der Waals surface area contributed by atoms with Crippen molar-refractivity contribution in [2.24, 2.45) is 0 Å². The number of anilines is 1. The van der Waals surface area contributed by atoms with E-state index in [-0.39, 0.29) is 30.7 Å². The molecule has 0 radical (unpaired) electrons. The molecule has 1 atom stereocenters. The number of benzene rings is 1. The van der Waals surface area contributed by atoms with Crippen LogP contribution in [-0.4, -0.2) is 56.1 Å². The Bertz CT molecular complexity index is 685. The molecule has 3 aliphatic heterocycles. The normalized spacial score (nSPS) is 21.9. The molecule has 1 aromatic carbocycles. The van der Waals surface area contributed by atoms with Crippen LogP contribution in [0.5, 0.6) is 0 Å². The Labute approximate surface area is 154 Å². The number of hydrogen-bond acceptors (Lipinski definition) is 4. The van der Waals surface area contributed by atoms with Crippen molar-refractivity contribution in [2.75, 3.05) is 44.3 Å². The second-order valence-corrected chi connectivity index (χ2v) is 7.35. The Hall–Kier alpha value is -2.08. The molecular weight excluding hydrogens is 330 g/mol. The van der Waals surface area contributed by atoms with Crippen molar-refractivity contribution in [2.45, 2.75) is 38.1 Å². The number of carbonyl (C=O) groups excluding carboxylic acids is 2. The van der Waals surface area contributed by atoms with Crippen molar-refractivity contribution >= 4 is 17.5 Å². The third kappa shape index (κ3) is 3.56. The fourth-order valence-corrected chi connectivity index (χ4v) is 4.32. The summed E-state index contributed by atoms with van der Waals surface area (Å²) in [7, 11) is 0. The molecule has 26 heavy (non-hydrogen) atoms. The summed E-state index contributed by atoms with van der Waals surface area (Å²) in [5.74, 6) is 0.0221. The zero-order valence-corrected chi connectivity index (χ0v) is 15.2. The van der Waals surface area contributed by atoms with Crippen molar-refractivity contribution < 1.29 is 14.3 Å². The Balaban J connectivity index is 1.35. The summed E-state index contributed by atoms with van der Waals surface area (Å²) in [6.45, 7) is 4.55. The van der Waals surface area contributed by atoms with Crippen molar-refractivity contribution in [3.63, 3.8) is 0 Å². The Morgan fingerprint density at radius 2 is 1.96 bits per heavy atom. The molecule has 2 amide bonds. The number of aryl methyl sites for hydroxylation is 1. The molecule has 3 aliphatic rings. The largest absolute Gasteiger partial charge is 0.378 e. The van der Waals surface area contributed by atoms with Gasteiger partial charge in [0.1, 0.15) is 0 Å². The van der Waals surface area contributed by atoms with Gasteiger partial charge >= 0.3 is 0 Å². The Morgan fingerprint density at radius 1 is 1.12 bits per heavy atom. The first-order valence-corrected chi connectivity index (χ1v) is 9.74. The van der Waals surface area contributed by atoms with Crippen LogP contribution in [0.15, 0.2) is 18.2 Å². The molecule has 6 nitrogen and oxygen atoms in total. The van der Waals surface area contributed by atoms with E-state index in [0.717, 1.165) is 25.9 Å². The molecular formula is C20H27N3O3. The highest BCUT2D eigenvalue weighted by Gasteiger charge is 2.30. The van der Waals surface area contributed by atoms with Crippen LogP contribution in [0.3, 0.4) is 0 Å². The number of para-hydroxylation sites is 1. The van der Waals surface area contributed by atoms with Crippen LogP contribution in [0.25, 0.3) is 0 Å². The predicted molar refractivity (Wildman–Crippen MR) is 99.1 cm³/mol. The van der Waals surface area contributed by atoms with Crippen molar-refractivity contribution in [1.29, 1.82) is 0 Å². The molecule has 0 aromatic heterocycles. The van der Waals surface area contributed by atoms with Crippen molar-refractivity contribution in [3.8, 4) is 0 Å². The molecule has 1 N–H and O–H groups in total. The summed E-state index contributed by atoms with van der Waals surface area (Å²) in [4.78, 5) is 28.9. The van der Waals surface area contributed by atoms with Gasteiger partial charge in [0.05, 0.1) is 19.3 Å². The Morgan fingerprint density at radius 3 is 2.81 bits per heavy atom. The van der Waals surface area contributed by atoms with Gasteiger partial charge in [0.15, 0.2) is 0 Å². The van der Waals surface area contributed by atoms with Gasteiger partial charge in [-0.05, 0) is 30.4 Å². The highest BCUT2D eigenvalue weighted by Crippen LogP contribution is 2.39. The number of nitrogens with one attached hydrogen (secondary N) is 1. The molecule has 0 unspecified atom stereocenters. The molecule has 3 heterocycles. The van der Waals surface area contributed by atoms with Gasteiger partial charge in [-0.2, -0.15) is 0 Å². The summed E-state index contributed by atoms with van der Waals surface area (Å²) < 4.78 is 5.26. The maximum Gasteiger partial charge on any atom is 0.223 e. The second-order valence-electron chi connectivity index (χ2n) is 7.35. The van der Waals surface area contributed by atoms with Gasteiger partial charge in [-0.15, -0.1) is 0 Å². The fourth-order valence-electron chi connectivity index (χ4n) is 4.32. The molecule has 1 aromatic rings. The average molecular weight is 357 g/mol. The monoisotopic (exact) mass is 357 g/mol. The predicted octanol–water partition coefficient (Wildman–Crippen LogP) is 1.64. The number of ether oxygens (including phenoxy) is 1. The fraction of sp³-hybridized carbons (Fsp3) is 0.600. The van der Waals surface area contributed by atoms with Gasteiger partial charge in [-0.1, -0.05) is 18.2 Å². The van der Waals surface area contributed by atoms with Gasteiger partial charge in [-0.3, -0.25) is 9.59 Å². The summed E-state index contributed by atoms with van der Waals surface area (Å²) in [6, 6.07) is 6.51. The van der Waals surface area contributed by atoms with E-state index in [1.165, 1.54) is 23.2 Å². The minimum Gasteiger partial charge on any atom is -0.378 e. The molecule has 0 bridgehead atoms. The number of hydrogen-bond donors (Lipinski definition) is 1. The minimum atomic E-state index is -0.0292. The zero-order valence-electron chi connectivity index (χ0n) is 15.2. The van der Waals surface area contributed by atoms with Crippen LogP contribution < -0.4 is 10.2 Å². The standard InChI is InChI=1S/C20H27N3O3/c24-18(6-7-19(25)22-11-13-26-14-12-22)21-17-8-10-23-9-2-4-15-3-1-5-16(17)20(15)23/h1,3,5,17H,2,4,6-14H2,(H,21,24)/t17-/m0/s1. The lowest BCUT2D eigenvalue weighted by Gasteiger charge is -2.40. The highest BCUT2D eigenvalue weighted by molar-refractivity contribution is 5.84. The summed E-state index contributed by atoms with van der Waals surface area (Å²) in [5, 5.41) is 3.17. The van der Waals surface area contributed by atoms with E-state index in [4.69, 9.17) is 4.74 Å². The average Bonchev–Trinajstić information content (AvgIpc) is 2.69. The van der Waals surface area contributed by atoms with Gasteiger partial charge in [0.2, 0.25) is 11.8 Å². The van der Waals surface area contributed by atoms with Crippen LogP contribution >= 0.6 is 0 Å². The van der Waals surface area contributed by atoms with Crippen LogP contribution in [-0.2, 0) is 20.7 Å². The first-order valence-electron chi connectivity index (χ1n) is 9.74. The lowest BCUT2D eigenvalue weighted by molar-refractivity contribution is -0.137. The van der Waals surface area contributed by atoms with E-state index in [9.17, 15) is 9.59 Å². The van der Waals surface area contributed by atoms with Crippen molar-refractivity contribution in [1.82, 2.24) is 10.2 Å². The molecule has 0 aliphatic carbocycles. The van der Waals surface area contributed by atoms with Crippen LogP contribution in [0.1, 0.15) is 42.9 Å². The summed E-state index contributed by atoms with van der Waals surface area (Å²) in [5.41, 5.74) is 3.97. The molecule has 0 spiro atoms. The number of morpholine rings is 1. The lowest BCUT2D eigenvalue weighted by atomic mass is 9.89. The minimum absolute atomic E-state index is 0.0292. The first-order chi connectivity index (χ1) is 12.7. The SMILES string of the molecule is O=C(CCC(=O)N1CCOCC1)N[C@H]1CCN2CCCc3cccc1c32. The van der Waals surface area contributed by atoms with Gasteiger partial charge in [-0.25, -0.2) is 0 Å². The number of nitrogens with zero attached hydrogens (tertiary/aromatic N) is 2. The molecule has 1 fully saturated rings. The van der Waals surface area contributed by atoms with Crippen LogP contribution in [0.4, 0.5) is 5.69 Å². The topological polar surface area (TPSA) is 61.9 Å². The molecule has 0 saturated carbocycles. The lowest BCUT2D eigenvalue weighted by Crippen LogP contribution is -2.42. The first kappa shape index (κ1) is 17.3. The van der Waals surface area contributed by atoms with Gasteiger partial charge in [0, 0.05) is 44.7 Å².